The molecular weight excluding hydrogens is 185 g/mol. The Morgan fingerprint density at radius 3 is 2.50 bits per heavy atom. The van der Waals surface area contributed by atoms with E-state index in [2.05, 4.69) is 4.74 Å². The van der Waals surface area contributed by atoms with E-state index >= 15 is 0 Å². The molecule has 84 valence electrons. The van der Waals surface area contributed by atoms with Gasteiger partial charge in [0.15, 0.2) is 0 Å². The van der Waals surface area contributed by atoms with E-state index in [0.717, 1.165) is 6.42 Å². The van der Waals surface area contributed by atoms with E-state index in [1.165, 1.54) is 12.0 Å². The van der Waals surface area contributed by atoms with Crippen molar-refractivity contribution in [2.45, 2.75) is 33.4 Å². The lowest BCUT2D eigenvalue weighted by atomic mass is 9.98. The minimum Gasteiger partial charge on any atom is -0.453 e. The van der Waals surface area contributed by atoms with E-state index in [9.17, 15) is 9.18 Å². The predicted molar refractivity (Wildman–Crippen MR) is 54.0 cm³/mol. The highest BCUT2D eigenvalue weighted by atomic mass is 19.1. The summed E-state index contributed by atoms with van der Waals surface area (Å²) in [5.74, 6) is 0.0610. The Kier molecular flexibility index (Phi) is 6.25. The Balaban J connectivity index is 0.000000791. The zero-order valence-corrected chi connectivity index (χ0v) is 9.42. The van der Waals surface area contributed by atoms with Crippen LogP contribution in [0.1, 0.15) is 27.2 Å². The van der Waals surface area contributed by atoms with Crippen molar-refractivity contribution >= 4 is 6.09 Å². The molecule has 0 spiro atoms. The minimum atomic E-state index is -0.905. The number of rotatable bonds is 0. The number of hydrogen-bond donors (Lipinski definition) is 0. The second kappa shape index (κ2) is 6.62. The van der Waals surface area contributed by atoms with Crippen LogP contribution in [0.25, 0.3) is 0 Å². The van der Waals surface area contributed by atoms with Crippen LogP contribution in [0.3, 0.4) is 0 Å². The molecule has 0 saturated carbocycles. The van der Waals surface area contributed by atoms with Crippen molar-refractivity contribution in [2.75, 3.05) is 20.2 Å². The predicted octanol–water partition coefficient (Wildman–Crippen LogP) is 2.46. The fraction of sp³-hybridized carbons (Fsp3) is 0.900. The number of likely N-dealkylation sites (tertiary alicyclic amines) is 1. The van der Waals surface area contributed by atoms with Crippen LogP contribution in [0.15, 0.2) is 0 Å². The molecule has 2 atom stereocenters. The van der Waals surface area contributed by atoms with Gasteiger partial charge in [0.05, 0.1) is 13.7 Å². The van der Waals surface area contributed by atoms with Crippen LogP contribution in [0.5, 0.6) is 0 Å². The molecule has 0 N–H and O–H groups in total. The summed E-state index contributed by atoms with van der Waals surface area (Å²) in [6.45, 7) is 6.64. The summed E-state index contributed by atoms with van der Waals surface area (Å²) in [5.41, 5.74) is 0. The summed E-state index contributed by atoms with van der Waals surface area (Å²) in [4.78, 5) is 12.4. The Morgan fingerprint density at radius 2 is 2.07 bits per heavy atom. The first-order valence-electron chi connectivity index (χ1n) is 5.12. The largest absolute Gasteiger partial charge is 0.453 e. The quantitative estimate of drug-likeness (QED) is 0.608. The number of carbonyl (C=O) groups is 1. The van der Waals surface area contributed by atoms with Gasteiger partial charge in [-0.3, -0.25) is 0 Å². The molecule has 0 aromatic heterocycles. The average Bonchev–Trinajstić information content (AvgIpc) is 2.24. The Hall–Kier alpha value is -0.800. The Labute approximate surface area is 85.2 Å². The van der Waals surface area contributed by atoms with Crippen LogP contribution in [-0.2, 0) is 4.74 Å². The van der Waals surface area contributed by atoms with E-state index in [4.69, 9.17) is 0 Å². The van der Waals surface area contributed by atoms with E-state index in [0.29, 0.717) is 6.54 Å². The second-order valence-corrected chi connectivity index (χ2v) is 3.20. The van der Waals surface area contributed by atoms with Crippen LogP contribution >= 0.6 is 0 Å². The van der Waals surface area contributed by atoms with Gasteiger partial charge in [0.25, 0.3) is 0 Å². The van der Waals surface area contributed by atoms with E-state index in [1.807, 2.05) is 20.8 Å². The summed E-state index contributed by atoms with van der Waals surface area (Å²) in [7, 11) is 1.31. The normalized spacial score (nSPS) is 26.2. The summed E-state index contributed by atoms with van der Waals surface area (Å²) in [5, 5.41) is 0. The van der Waals surface area contributed by atoms with Crippen molar-refractivity contribution in [3.8, 4) is 0 Å². The number of carbonyl (C=O) groups excluding carboxylic acids is 1. The van der Waals surface area contributed by atoms with Crippen molar-refractivity contribution in [1.82, 2.24) is 4.90 Å². The molecular formula is C10H20FNO2. The van der Waals surface area contributed by atoms with Crippen molar-refractivity contribution in [2.24, 2.45) is 5.92 Å². The number of methoxy groups -OCH3 is 1. The van der Waals surface area contributed by atoms with Gasteiger partial charge in [0.2, 0.25) is 0 Å². The highest BCUT2D eigenvalue weighted by Crippen LogP contribution is 2.19. The topological polar surface area (TPSA) is 29.5 Å². The minimum absolute atomic E-state index is 0.0610. The zero-order valence-electron chi connectivity index (χ0n) is 9.42. The van der Waals surface area contributed by atoms with Crippen LogP contribution in [-0.4, -0.2) is 37.4 Å². The number of nitrogens with zero attached hydrogens (tertiary/aromatic N) is 1. The van der Waals surface area contributed by atoms with Crippen LogP contribution in [0.2, 0.25) is 0 Å². The molecule has 1 fully saturated rings. The number of amides is 1. The molecule has 2 unspecified atom stereocenters. The molecule has 0 aliphatic carbocycles. The third-order valence-corrected chi connectivity index (χ3v) is 2.30. The molecule has 4 heteroatoms. The van der Waals surface area contributed by atoms with Gasteiger partial charge in [-0.2, -0.15) is 0 Å². The van der Waals surface area contributed by atoms with Crippen molar-refractivity contribution in [1.29, 1.82) is 0 Å². The number of alkyl halides is 1. The molecule has 0 aromatic carbocycles. The number of ether oxygens (including phenoxy) is 1. The molecule has 1 heterocycles. The molecule has 14 heavy (non-hydrogen) atoms. The molecule has 1 amide bonds. The van der Waals surface area contributed by atoms with Crippen LogP contribution in [0.4, 0.5) is 9.18 Å². The van der Waals surface area contributed by atoms with Crippen LogP contribution in [0, 0.1) is 5.92 Å². The van der Waals surface area contributed by atoms with Gasteiger partial charge in [-0.1, -0.05) is 20.8 Å². The molecule has 1 aliphatic rings. The second-order valence-electron chi connectivity index (χ2n) is 3.20. The first kappa shape index (κ1) is 13.2. The summed E-state index contributed by atoms with van der Waals surface area (Å²) >= 11 is 0. The van der Waals surface area contributed by atoms with Gasteiger partial charge < -0.3 is 9.64 Å². The zero-order chi connectivity index (χ0) is 11.1. The van der Waals surface area contributed by atoms with Crippen molar-refractivity contribution in [3.63, 3.8) is 0 Å². The molecule has 1 saturated heterocycles. The highest BCUT2D eigenvalue weighted by molar-refractivity contribution is 5.67. The standard InChI is InChI=1S/C8H14FNO2.C2H6/c1-6-3-4-10(5-7(6)9)8(11)12-2;1-2/h6-7H,3-5H2,1-2H3;1-2H3. The number of halogens is 1. The Bertz CT molecular complexity index is 176. The number of piperidine rings is 1. The van der Waals surface area contributed by atoms with Gasteiger partial charge in [-0.05, 0) is 12.3 Å². The lowest BCUT2D eigenvalue weighted by Crippen LogP contribution is -2.44. The lowest BCUT2D eigenvalue weighted by Gasteiger charge is -2.31. The van der Waals surface area contributed by atoms with Gasteiger partial charge >= 0.3 is 6.09 Å². The first-order chi connectivity index (χ1) is 6.65. The maximum Gasteiger partial charge on any atom is 0.409 e. The molecule has 0 aromatic rings. The SMILES string of the molecule is CC.COC(=O)N1CCC(C)C(F)C1. The summed E-state index contributed by atoms with van der Waals surface area (Å²) < 4.78 is 17.6. The fourth-order valence-electron chi connectivity index (χ4n) is 1.32. The van der Waals surface area contributed by atoms with Crippen molar-refractivity contribution < 1.29 is 13.9 Å². The molecule has 0 bridgehead atoms. The molecule has 0 radical (unpaired) electrons. The van der Waals surface area contributed by atoms with Crippen LogP contribution < -0.4 is 0 Å². The van der Waals surface area contributed by atoms with Gasteiger partial charge in [0.1, 0.15) is 6.17 Å². The highest BCUT2D eigenvalue weighted by Gasteiger charge is 2.28. The van der Waals surface area contributed by atoms with E-state index in [1.54, 1.807) is 0 Å². The summed E-state index contributed by atoms with van der Waals surface area (Å²) in [6, 6.07) is 0. The first-order valence-corrected chi connectivity index (χ1v) is 5.12. The number of hydrogen-bond acceptors (Lipinski definition) is 2. The monoisotopic (exact) mass is 205 g/mol. The van der Waals surface area contributed by atoms with Gasteiger partial charge in [-0.25, -0.2) is 9.18 Å². The lowest BCUT2D eigenvalue weighted by molar-refractivity contribution is 0.0709. The van der Waals surface area contributed by atoms with Gasteiger partial charge in [0, 0.05) is 6.54 Å². The van der Waals surface area contributed by atoms with Crippen molar-refractivity contribution in [3.05, 3.63) is 0 Å². The maximum atomic E-state index is 13.1. The molecule has 1 rings (SSSR count). The maximum absolute atomic E-state index is 13.1. The summed E-state index contributed by atoms with van der Waals surface area (Å²) in [6.07, 6.45) is -0.613. The average molecular weight is 205 g/mol. The molecule has 3 nitrogen and oxygen atoms in total. The molecule has 1 aliphatic heterocycles. The third kappa shape index (κ3) is 3.52. The fourth-order valence-corrected chi connectivity index (χ4v) is 1.32. The van der Waals surface area contributed by atoms with E-state index < -0.39 is 12.3 Å². The smallest absolute Gasteiger partial charge is 0.409 e. The third-order valence-electron chi connectivity index (χ3n) is 2.30. The Morgan fingerprint density at radius 1 is 1.50 bits per heavy atom. The van der Waals surface area contributed by atoms with Gasteiger partial charge in [-0.15, -0.1) is 0 Å². The van der Waals surface area contributed by atoms with E-state index in [-0.39, 0.29) is 12.5 Å².